The zero-order chi connectivity index (χ0) is 23.3. The first-order valence-electron chi connectivity index (χ1n) is 9.72. The van der Waals surface area contributed by atoms with Gasteiger partial charge in [-0.2, -0.15) is 4.31 Å². The zero-order valence-electron chi connectivity index (χ0n) is 17.2. The summed E-state index contributed by atoms with van der Waals surface area (Å²) in [5, 5.41) is 3.47. The summed E-state index contributed by atoms with van der Waals surface area (Å²) in [4.78, 5) is 12.6. The summed E-state index contributed by atoms with van der Waals surface area (Å²) >= 11 is 18.3. The molecule has 0 spiro atoms. The summed E-state index contributed by atoms with van der Waals surface area (Å²) in [5.74, 6) is -0.500. The van der Waals surface area contributed by atoms with Gasteiger partial charge in [0.15, 0.2) is 0 Å². The molecule has 1 N–H and O–H groups in total. The SMILES string of the molecule is Cc1ccc(NC(=O)CN(CCc2ccccc2)S(=O)(=O)c2cc(Cl)ccc2Cl)cc1Cl. The molecular weight excluding hydrogens is 491 g/mol. The normalized spacial score (nSPS) is 11.5. The number of aryl methyl sites for hydroxylation is 1. The molecule has 0 bridgehead atoms. The molecule has 0 aliphatic carbocycles. The molecule has 0 fully saturated rings. The number of carbonyl (C=O) groups is 1. The molecule has 0 unspecified atom stereocenters. The number of amides is 1. The topological polar surface area (TPSA) is 66.5 Å². The van der Waals surface area contributed by atoms with Crippen molar-refractivity contribution in [2.75, 3.05) is 18.4 Å². The molecular formula is C23H21Cl3N2O3S. The Morgan fingerprint density at radius 1 is 0.938 bits per heavy atom. The highest BCUT2D eigenvalue weighted by atomic mass is 35.5. The summed E-state index contributed by atoms with van der Waals surface area (Å²) in [5.41, 5.74) is 2.29. The summed E-state index contributed by atoms with van der Waals surface area (Å²) in [6, 6.07) is 18.7. The molecule has 0 atom stereocenters. The first-order valence-corrected chi connectivity index (χ1v) is 12.3. The molecule has 0 aliphatic rings. The van der Waals surface area contributed by atoms with E-state index < -0.39 is 22.5 Å². The number of halogens is 3. The molecule has 3 aromatic carbocycles. The fourth-order valence-electron chi connectivity index (χ4n) is 3.03. The van der Waals surface area contributed by atoms with Crippen LogP contribution in [-0.2, 0) is 21.2 Å². The Morgan fingerprint density at radius 3 is 2.34 bits per heavy atom. The van der Waals surface area contributed by atoms with E-state index in [-0.39, 0.29) is 21.5 Å². The lowest BCUT2D eigenvalue weighted by molar-refractivity contribution is -0.116. The molecule has 1 amide bonds. The molecule has 0 aliphatic heterocycles. The number of benzene rings is 3. The van der Waals surface area contributed by atoms with Crippen LogP contribution in [-0.4, -0.2) is 31.7 Å². The molecule has 0 saturated heterocycles. The molecule has 32 heavy (non-hydrogen) atoms. The molecule has 9 heteroatoms. The molecule has 0 heterocycles. The second-order valence-electron chi connectivity index (χ2n) is 7.16. The number of hydrogen-bond donors (Lipinski definition) is 1. The minimum Gasteiger partial charge on any atom is -0.325 e. The number of hydrogen-bond acceptors (Lipinski definition) is 3. The van der Waals surface area contributed by atoms with E-state index in [4.69, 9.17) is 34.8 Å². The van der Waals surface area contributed by atoms with E-state index in [2.05, 4.69) is 5.32 Å². The third-order valence-corrected chi connectivity index (χ3v) is 7.75. The fourth-order valence-corrected chi connectivity index (χ4v) is 5.34. The standard InChI is InChI=1S/C23H21Cl3N2O3S/c1-16-7-9-19(14-21(16)26)27-23(29)15-28(12-11-17-5-3-2-4-6-17)32(30,31)22-13-18(24)8-10-20(22)25/h2-10,13-14H,11-12,15H2,1H3,(H,27,29). The van der Waals surface area contributed by atoms with Gasteiger partial charge < -0.3 is 5.32 Å². The van der Waals surface area contributed by atoms with E-state index in [0.29, 0.717) is 17.1 Å². The van der Waals surface area contributed by atoms with Crippen LogP contribution in [0.3, 0.4) is 0 Å². The second kappa shape index (κ2) is 10.7. The predicted octanol–water partition coefficient (Wildman–Crippen LogP) is 5.83. The van der Waals surface area contributed by atoms with E-state index in [9.17, 15) is 13.2 Å². The van der Waals surface area contributed by atoms with Crippen LogP contribution in [0.25, 0.3) is 0 Å². The number of anilines is 1. The minimum absolute atomic E-state index is 0.0323. The van der Waals surface area contributed by atoms with Crippen LogP contribution in [0.4, 0.5) is 5.69 Å². The summed E-state index contributed by atoms with van der Waals surface area (Å²) in [7, 11) is -4.10. The van der Waals surface area contributed by atoms with Crippen LogP contribution in [0, 0.1) is 6.92 Å². The maximum Gasteiger partial charge on any atom is 0.245 e. The van der Waals surface area contributed by atoms with Crippen LogP contribution in [0.5, 0.6) is 0 Å². The van der Waals surface area contributed by atoms with Crippen LogP contribution in [0.1, 0.15) is 11.1 Å². The van der Waals surface area contributed by atoms with Crippen LogP contribution >= 0.6 is 34.8 Å². The van der Waals surface area contributed by atoms with Crippen molar-refractivity contribution >= 4 is 56.4 Å². The lowest BCUT2D eigenvalue weighted by atomic mass is 10.1. The highest BCUT2D eigenvalue weighted by molar-refractivity contribution is 7.89. The highest BCUT2D eigenvalue weighted by Gasteiger charge is 2.29. The van der Waals surface area contributed by atoms with E-state index in [1.807, 2.05) is 37.3 Å². The van der Waals surface area contributed by atoms with Gasteiger partial charge in [0.2, 0.25) is 15.9 Å². The van der Waals surface area contributed by atoms with E-state index in [1.165, 1.54) is 18.2 Å². The number of sulfonamides is 1. The van der Waals surface area contributed by atoms with Gasteiger partial charge in [0.1, 0.15) is 4.90 Å². The molecule has 0 radical (unpaired) electrons. The van der Waals surface area contributed by atoms with Crippen molar-refractivity contribution in [2.24, 2.45) is 0 Å². The first-order chi connectivity index (χ1) is 15.2. The summed E-state index contributed by atoms with van der Waals surface area (Å²) in [6.07, 6.45) is 0.419. The third-order valence-electron chi connectivity index (χ3n) is 4.78. The van der Waals surface area contributed by atoms with Crippen molar-refractivity contribution in [2.45, 2.75) is 18.2 Å². The quantitative estimate of drug-likeness (QED) is 0.414. The fraction of sp³-hybridized carbons (Fsp3) is 0.174. The van der Waals surface area contributed by atoms with Gasteiger partial charge in [-0.15, -0.1) is 0 Å². The second-order valence-corrected chi connectivity index (χ2v) is 10.3. The van der Waals surface area contributed by atoms with Gasteiger partial charge in [-0.05, 0) is 54.8 Å². The van der Waals surface area contributed by atoms with E-state index >= 15 is 0 Å². The Bertz CT molecular complexity index is 1220. The number of carbonyl (C=O) groups excluding carboxylic acids is 1. The van der Waals surface area contributed by atoms with Crippen LogP contribution in [0.15, 0.2) is 71.6 Å². The van der Waals surface area contributed by atoms with Gasteiger partial charge in [0.25, 0.3) is 0 Å². The average Bonchev–Trinajstić information content (AvgIpc) is 2.76. The van der Waals surface area contributed by atoms with Crippen molar-refractivity contribution in [3.8, 4) is 0 Å². The van der Waals surface area contributed by atoms with Crippen molar-refractivity contribution in [1.82, 2.24) is 4.31 Å². The lowest BCUT2D eigenvalue weighted by Crippen LogP contribution is -2.39. The van der Waals surface area contributed by atoms with Crippen LogP contribution < -0.4 is 5.32 Å². The summed E-state index contributed by atoms with van der Waals surface area (Å²) in [6.45, 7) is 1.53. The summed E-state index contributed by atoms with van der Waals surface area (Å²) < 4.78 is 27.9. The van der Waals surface area contributed by atoms with Gasteiger partial charge in [-0.1, -0.05) is 71.2 Å². The van der Waals surface area contributed by atoms with Gasteiger partial charge in [-0.25, -0.2) is 8.42 Å². The molecule has 3 aromatic rings. The molecule has 0 saturated carbocycles. The maximum absolute atomic E-state index is 13.4. The number of nitrogens with zero attached hydrogens (tertiary/aromatic N) is 1. The Hall–Kier alpha value is -2.09. The Kier molecular flexibility index (Phi) is 8.20. The number of nitrogens with one attached hydrogen (secondary N) is 1. The van der Waals surface area contributed by atoms with Gasteiger partial charge >= 0.3 is 0 Å². The molecule has 5 nitrogen and oxygen atoms in total. The Morgan fingerprint density at radius 2 is 1.66 bits per heavy atom. The monoisotopic (exact) mass is 510 g/mol. The van der Waals surface area contributed by atoms with E-state index in [1.54, 1.807) is 18.2 Å². The van der Waals surface area contributed by atoms with Crippen LogP contribution in [0.2, 0.25) is 15.1 Å². The highest BCUT2D eigenvalue weighted by Crippen LogP contribution is 2.28. The molecule has 3 rings (SSSR count). The smallest absolute Gasteiger partial charge is 0.245 e. The molecule has 168 valence electrons. The molecule has 0 aromatic heterocycles. The number of rotatable bonds is 8. The van der Waals surface area contributed by atoms with Crippen molar-refractivity contribution in [1.29, 1.82) is 0 Å². The Balaban J connectivity index is 1.86. The van der Waals surface area contributed by atoms with Gasteiger partial charge in [-0.3, -0.25) is 4.79 Å². The minimum atomic E-state index is -4.10. The first kappa shape index (κ1) is 24.6. The maximum atomic E-state index is 13.4. The largest absolute Gasteiger partial charge is 0.325 e. The van der Waals surface area contributed by atoms with Gasteiger partial charge in [0.05, 0.1) is 11.6 Å². The van der Waals surface area contributed by atoms with Crippen molar-refractivity contribution in [3.05, 3.63) is 92.9 Å². The van der Waals surface area contributed by atoms with Crippen molar-refractivity contribution < 1.29 is 13.2 Å². The zero-order valence-corrected chi connectivity index (χ0v) is 20.3. The van der Waals surface area contributed by atoms with E-state index in [0.717, 1.165) is 15.4 Å². The Labute approximate surface area is 203 Å². The average molecular weight is 512 g/mol. The lowest BCUT2D eigenvalue weighted by Gasteiger charge is -2.22. The van der Waals surface area contributed by atoms with Crippen molar-refractivity contribution in [3.63, 3.8) is 0 Å². The van der Waals surface area contributed by atoms with Gasteiger partial charge in [0, 0.05) is 22.3 Å². The predicted molar refractivity (Wildman–Crippen MR) is 130 cm³/mol. The third kappa shape index (κ3) is 6.24.